The molecule has 0 saturated heterocycles. The molecule has 0 fully saturated rings. The third kappa shape index (κ3) is 1.97. The van der Waals surface area contributed by atoms with Gasteiger partial charge in [0.05, 0.1) is 17.9 Å². The van der Waals surface area contributed by atoms with Crippen molar-refractivity contribution < 1.29 is 13.9 Å². The van der Waals surface area contributed by atoms with Crippen molar-refractivity contribution in [2.24, 2.45) is 0 Å². The van der Waals surface area contributed by atoms with Gasteiger partial charge in [-0.3, -0.25) is 0 Å². The topological polar surface area (TPSA) is 56.9 Å². The minimum atomic E-state index is -2.81. The van der Waals surface area contributed by atoms with Crippen LogP contribution in [0.4, 0.5) is 8.78 Å². The van der Waals surface area contributed by atoms with E-state index in [0.717, 1.165) is 6.07 Å². The fourth-order valence-electron chi connectivity index (χ4n) is 0.949. The summed E-state index contributed by atoms with van der Waals surface area (Å²) in [6.07, 6.45) is -2.81. The molecule has 14 heavy (non-hydrogen) atoms. The fourth-order valence-corrected chi connectivity index (χ4v) is 1.21. The molecule has 1 aromatic rings. The van der Waals surface area contributed by atoms with Gasteiger partial charge in [0.1, 0.15) is 11.2 Å². The van der Waals surface area contributed by atoms with E-state index in [1.54, 1.807) is 6.07 Å². The Morgan fingerprint density at radius 3 is 2.71 bits per heavy atom. The molecule has 0 saturated carbocycles. The summed E-state index contributed by atoms with van der Waals surface area (Å²) in [5.74, 6) is 0. The van der Waals surface area contributed by atoms with Crippen LogP contribution in [0.2, 0.25) is 5.15 Å². The van der Waals surface area contributed by atoms with Gasteiger partial charge < -0.3 is 5.11 Å². The summed E-state index contributed by atoms with van der Waals surface area (Å²) >= 11 is 5.48. The van der Waals surface area contributed by atoms with Crippen molar-refractivity contribution in [2.75, 3.05) is 0 Å². The van der Waals surface area contributed by atoms with E-state index in [2.05, 4.69) is 4.98 Å². The van der Waals surface area contributed by atoms with E-state index in [-0.39, 0.29) is 16.4 Å². The third-order valence-electron chi connectivity index (χ3n) is 1.57. The first-order valence-corrected chi connectivity index (χ1v) is 3.96. The molecule has 0 aliphatic carbocycles. The lowest BCUT2D eigenvalue weighted by Crippen LogP contribution is -1.99. The summed E-state index contributed by atoms with van der Waals surface area (Å²) in [6, 6.07) is 2.51. The summed E-state index contributed by atoms with van der Waals surface area (Å²) in [5, 5.41) is 16.9. The molecular formula is C8H5ClF2N2O. The van der Waals surface area contributed by atoms with Crippen LogP contribution in [0.15, 0.2) is 6.07 Å². The molecule has 74 valence electrons. The zero-order chi connectivity index (χ0) is 10.7. The highest BCUT2D eigenvalue weighted by atomic mass is 35.5. The second-order valence-electron chi connectivity index (χ2n) is 2.44. The molecule has 0 amide bonds. The molecule has 0 aliphatic heterocycles. The summed E-state index contributed by atoms with van der Waals surface area (Å²) < 4.78 is 24.8. The SMILES string of the molecule is N#Cc1c(C(F)F)cc(CO)nc1Cl. The lowest BCUT2D eigenvalue weighted by atomic mass is 10.1. The van der Waals surface area contributed by atoms with E-state index in [4.69, 9.17) is 22.0 Å². The van der Waals surface area contributed by atoms with Crippen molar-refractivity contribution in [3.8, 4) is 6.07 Å². The van der Waals surface area contributed by atoms with Gasteiger partial charge in [-0.15, -0.1) is 0 Å². The molecule has 0 aliphatic rings. The highest BCUT2D eigenvalue weighted by Gasteiger charge is 2.17. The van der Waals surface area contributed by atoms with Crippen molar-refractivity contribution in [2.45, 2.75) is 13.0 Å². The van der Waals surface area contributed by atoms with Crippen LogP contribution in [0.5, 0.6) is 0 Å². The molecule has 1 aromatic heterocycles. The van der Waals surface area contributed by atoms with Crippen LogP contribution in [0.1, 0.15) is 23.2 Å². The summed E-state index contributed by atoms with van der Waals surface area (Å²) in [5.41, 5.74) is -0.834. The highest BCUT2D eigenvalue weighted by molar-refractivity contribution is 6.30. The van der Waals surface area contributed by atoms with Gasteiger partial charge in [-0.1, -0.05) is 11.6 Å². The lowest BCUT2D eigenvalue weighted by molar-refractivity contribution is 0.150. The maximum absolute atomic E-state index is 12.4. The Kier molecular flexibility index (Phi) is 3.33. The van der Waals surface area contributed by atoms with E-state index in [9.17, 15) is 8.78 Å². The molecule has 1 N–H and O–H groups in total. The first kappa shape index (κ1) is 10.8. The van der Waals surface area contributed by atoms with Gasteiger partial charge in [-0.2, -0.15) is 5.26 Å². The Balaban J connectivity index is 3.37. The Morgan fingerprint density at radius 2 is 2.29 bits per heavy atom. The highest BCUT2D eigenvalue weighted by Crippen LogP contribution is 2.27. The maximum Gasteiger partial charge on any atom is 0.265 e. The van der Waals surface area contributed by atoms with Gasteiger partial charge in [0.15, 0.2) is 0 Å². The summed E-state index contributed by atoms with van der Waals surface area (Å²) in [4.78, 5) is 3.57. The molecule has 3 nitrogen and oxygen atoms in total. The number of nitrogens with zero attached hydrogens (tertiary/aromatic N) is 2. The number of hydrogen-bond donors (Lipinski definition) is 1. The van der Waals surface area contributed by atoms with E-state index in [1.807, 2.05) is 0 Å². The molecule has 0 bridgehead atoms. The Morgan fingerprint density at radius 1 is 1.64 bits per heavy atom. The van der Waals surface area contributed by atoms with Gasteiger partial charge >= 0.3 is 0 Å². The Labute approximate surface area is 83.6 Å². The van der Waals surface area contributed by atoms with Crippen LogP contribution in [0.3, 0.4) is 0 Å². The Bertz CT molecular complexity index is 390. The standard InChI is InChI=1S/C8H5ClF2N2O/c9-7-6(2-12)5(8(10)11)1-4(3-14)13-7/h1,8,14H,3H2. The van der Waals surface area contributed by atoms with Gasteiger partial charge in [-0.25, -0.2) is 13.8 Å². The minimum Gasteiger partial charge on any atom is -0.390 e. The monoisotopic (exact) mass is 218 g/mol. The predicted molar refractivity (Wildman–Crippen MR) is 44.8 cm³/mol. The number of nitriles is 1. The molecule has 0 unspecified atom stereocenters. The quantitative estimate of drug-likeness (QED) is 0.773. The summed E-state index contributed by atoms with van der Waals surface area (Å²) in [7, 11) is 0. The van der Waals surface area contributed by atoms with E-state index in [1.165, 1.54) is 0 Å². The van der Waals surface area contributed by atoms with Crippen molar-refractivity contribution in [1.82, 2.24) is 4.98 Å². The van der Waals surface area contributed by atoms with Crippen LogP contribution in [0.25, 0.3) is 0 Å². The number of aromatic nitrogens is 1. The molecule has 6 heteroatoms. The largest absolute Gasteiger partial charge is 0.390 e. The first-order chi connectivity index (χ1) is 6.60. The number of halogens is 3. The first-order valence-electron chi connectivity index (χ1n) is 3.58. The predicted octanol–water partition coefficient (Wildman–Crippen LogP) is 2.04. The lowest BCUT2D eigenvalue weighted by Gasteiger charge is -2.05. The van der Waals surface area contributed by atoms with Gasteiger partial charge in [-0.05, 0) is 6.07 Å². The fraction of sp³-hybridized carbons (Fsp3) is 0.250. The second kappa shape index (κ2) is 4.31. The van der Waals surface area contributed by atoms with Gasteiger partial charge in [0.2, 0.25) is 0 Å². The van der Waals surface area contributed by atoms with Crippen LogP contribution >= 0.6 is 11.6 Å². The van der Waals surface area contributed by atoms with Crippen LogP contribution in [-0.4, -0.2) is 10.1 Å². The van der Waals surface area contributed by atoms with Crippen LogP contribution in [-0.2, 0) is 6.61 Å². The zero-order valence-electron chi connectivity index (χ0n) is 6.84. The van der Waals surface area contributed by atoms with Crippen LogP contribution < -0.4 is 0 Å². The smallest absolute Gasteiger partial charge is 0.265 e. The average molecular weight is 219 g/mol. The van der Waals surface area contributed by atoms with Gasteiger partial charge in [0.25, 0.3) is 6.43 Å². The minimum absolute atomic E-state index is 0.0179. The number of hydrogen-bond acceptors (Lipinski definition) is 3. The molecule has 0 aromatic carbocycles. The molecular weight excluding hydrogens is 214 g/mol. The van der Waals surface area contributed by atoms with E-state index >= 15 is 0 Å². The van der Waals surface area contributed by atoms with E-state index in [0.29, 0.717) is 0 Å². The normalized spacial score (nSPS) is 10.3. The zero-order valence-corrected chi connectivity index (χ0v) is 7.59. The number of aliphatic hydroxyl groups excluding tert-OH is 1. The number of aliphatic hydroxyl groups is 1. The van der Waals surface area contributed by atoms with Gasteiger partial charge in [0, 0.05) is 5.56 Å². The van der Waals surface area contributed by atoms with Crippen molar-refractivity contribution >= 4 is 11.6 Å². The van der Waals surface area contributed by atoms with E-state index < -0.39 is 18.6 Å². The molecule has 0 radical (unpaired) electrons. The number of pyridine rings is 1. The number of rotatable bonds is 2. The van der Waals surface area contributed by atoms with Crippen molar-refractivity contribution in [3.05, 3.63) is 28.0 Å². The van der Waals surface area contributed by atoms with Crippen molar-refractivity contribution in [1.29, 1.82) is 5.26 Å². The third-order valence-corrected chi connectivity index (χ3v) is 1.84. The molecule has 1 rings (SSSR count). The maximum atomic E-state index is 12.4. The molecule has 0 spiro atoms. The molecule has 1 heterocycles. The van der Waals surface area contributed by atoms with Crippen molar-refractivity contribution in [3.63, 3.8) is 0 Å². The molecule has 0 atom stereocenters. The average Bonchev–Trinajstić information content (AvgIpc) is 2.16. The Hall–Kier alpha value is -1.25. The van der Waals surface area contributed by atoms with Crippen LogP contribution in [0, 0.1) is 11.3 Å². The second-order valence-corrected chi connectivity index (χ2v) is 2.80. The number of alkyl halides is 2. The summed E-state index contributed by atoms with van der Waals surface area (Å²) in [6.45, 7) is -0.495.